The van der Waals surface area contributed by atoms with E-state index in [1.54, 1.807) is 0 Å². The average molecular weight is 214 g/mol. The molecule has 5 heteroatoms. The van der Waals surface area contributed by atoms with Crippen molar-refractivity contribution in [3.05, 3.63) is 0 Å². The minimum absolute atomic E-state index is 0.263. The van der Waals surface area contributed by atoms with Crippen LogP contribution in [-0.4, -0.2) is 37.5 Å². The predicted octanol–water partition coefficient (Wildman–Crippen LogP) is -0.253. The number of carbonyl (C=O) groups excluding carboxylic acids is 1. The molecule has 1 aliphatic heterocycles. The van der Waals surface area contributed by atoms with Gasteiger partial charge in [-0.25, -0.2) is 0 Å². The van der Waals surface area contributed by atoms with Crippen molar-refractivity contribution in [1.29, 1.82) is 0 Å². The monoisotopic (exact) mass is 214 g/mol. The van der Waals surface area contributed by atoms with Crippen LogP contribution in [0.4, 0.5) is 0 Å². The normalized spacial score (nSPS) is 25.9. The second-order valence-electron chi connectivity index (χ2n) is 4.23. The van der Waals surface area contributed by atoms with Crippen molar-refractivity contribution in [2.45, 2.75) is 37.5 Å². The third-order valence-electron chi connectivity index (χ3n) is 3.13. The Hall–Kier alpha value is -0.650. The molecule has 5 nitrogen and oxygen atoms in total. The number of primary amides is 1. The Morgan fingerprint density at radius 1 is 1.33 bits per heavy atom. The van der Waals surface area contributed by atoms with Crippen LogP contribution in [0.25, 0.3) is 0 Å². The molecule has 2 fully saturated rings. The van der Waals surface area contributed by atoms with Crippen LogP contribution in [0.15, 0.2) is 0 Å². The van der Waals surface area contributed by atoms with Crippen molar-refractivity contribution >= 4 is 5.91 Å². The van der Waals surface area contributed by atoms with Crippen molar-refractivity contribution < 1.29 is 14.3 Å². The molecule has 15 heavy (non-hydrogen) atoms. The van der Waals surface area contributed by atoms with E-state index in [2.05, 4.69) is 5.32 Å². The minimum Gasteiger partial charge on any atom is -0.369 e. The van der Waals surface area contributed by atoms with Crippen LogP contribution in [0.3, 0.4) is 0 Å². The molecule has 0 atom stereocenters. The average Bonchev–Trinajstić information content (AvgIpc) is 2.66. The number of amides is 1. The van der Waals surface area contributed by atoms with Gasteiger partial charge in [0.05, 0.1) is 19.8 Å². The Bertz CT molecular complexity index is 229. The zero-order chi connectivity index (χ0) is 10.7. The molecule has 1 spiro atoms. The van der Waals surface area contributed by atoms with Gasteiger partial charge in [0.1, 0.15) is 0 Å². The summed E-state index contributed by atoms with van der Waals surface area (Å²) in [5.41, 5.74) is 5.07. The van der Waals surface area contributed by atoms with Gasteiger partial charge in [0.25, 0.3) is 0 Å². The lowest BCUT2D eigenvalue weighted by Gasteiger charge is -2.35. The maximum absolute atomic E-state index is 10.6. The molecule has 3 N–H and O–H groups in total. The molecule has 1 aliphatic carbocycles. The summed E-state index contributed by atoms with van der Waals surface area (Å²) in [7, 11) is 0. The number of rotatable bonds is 3. The first-order valence-corrected chi connectivity index (χ1v) is 5.50. The van der Waals surface area contributed by atoms with Crippen molar-refractivity contribution in [2.24, 2.45) is 5.73 Å². The Balaban J connectivity index is 1.74. The van der Waals surface area contributed by atoms with Crippen LogP contribution in [-0.2, 0) is 14.3 Å². The summed E-state index contributed by atoms with van der Waals surface area (Å²) in [6.45, 7) is 1.68. The lowest BCUT2D eigenvalue weighted by molar-refractivity contribution is -0.179. The predicted molar refractivity (Wildman–Crippen MR) is 54.1 cm³/mol. The standard InChI is InChI=1S/C10H18N2O3/c11-9(13)7-12-8-1-3-10(4-2-8)14-5-6-15-10/h8,12H,1-7H2,(H2,11,13). The maximum Gasteiger partial charge on any atom is 0.231 e. The fraction of sp³-hybridized carbons (Fsp3) is 0.900. The van der Waals surface area contributed by atoms with Gasteiger partial charge in [0, 0.05) is 18.9 Å². The first kappa shape index (κ1) is 10.9. The summed E-state index contributed by atoms with van der Waals surface area (Å²) in [4.78, 5) is 10.6. The highest BCUT2D eigenvalue weighted by molar-refractivity contribution is 5.75. The van der Waals surface area contributed by atoms with Gasteiger partial charge >= 0.3 is 0 Å². The molecule has 0 aromatic carbocycles. The fourth-order valence-electron chi connectivity index (χ4n) is 2.29. The van der Waals surface area contributed by atoms with Gasteiger partial charge in [-0.3, -0.25) is 4.79 Å². The van der Waals surface area contributed by atoms with Gasteiger partial charge in [0.2, 0.25) is 5.91 Å². The maximum atomic E-state index is 10.6. The van der Waals surface area contributed by atoms with Gasteiger partial charge in [0.15, 0.2) is 5.79 Å². The Morgan fingerprint density at radius 3 is 2.47 bits per heavy atom. The van der Waals surface area contributed by atoms with Gasteiger partial charge < -0.3 is 20.5 Å². The van der Waals surface area contributed by atoms with E-state index in [9.17, 15) is 4.79 Å². The summed E-state index contributed by atoms with van der Waals surface area (Å²) in [5.74, 6) is -0.617. The summed E-state index contributed by atoms with van der Waals surface area (Å²) >= 11 is 0. The fourth-order valence-corrected chi connectivity index (χ4v) is 2.29. The SMILES string of the molecule is NC(=O)CNC1CCC2(CC1)OCCO2. The van der Waals surface area contributed by atoms with Crippen molar-refractivity contribution in [2.75, 3.05) is 19.8 Å². The largest absolute Gasteiger partial charge is 0.369 e. The molecular formula is C10H18N2O3. The highest BCUT2D eigenvalue weighted by Crippen LogP contribution is 2.35. The molecule has 1 heterocycles. The number of ether oxygens (including phenoxy) is 2. The molecule has 1 amide bonds. The lowest BCUT2D eigenvalue weighted by atomic mass is 9.90. The van der Waals surface area contributed by atoms with Crippen LogP contribution in [0, 0.1) is 0 Å². The minimum atomic E-state index is -0.315. The topological polar surface area (TPSA) is 73.6 Å². The van der Waals surface area contributed by atoms with E-state index in [1.165, 1.54) is 0 Å². The second-order valence-corrected chi connectivity index (χ2v) is 4.23. The molecule has 2 rings (SSSR count). The molecule has 0 bridgehead atoms. The number of hydrogen-bond donors (Lipinski definition) is 2. The molecule has 0 unspecified atom stereocenters. The summed E-state index contributed by atoms with van der Waals surface area (Å²) in [5, 5.41) is 3.14. The molecule has 0 aromatic rings. The number of nitrogens with one attached hydrogen (secondary N) is 1. The summed E-state index contributed by atoms with van der Waals surface area (Å²) in [6.07, 6.45) is 3.77. The molecule has 86 valence electrons. The summed E-state index contributed by atoms with van der Waals surface area (Å²) < 4.78 is 11.2. The zero-order valence-electron chi connectivity index (χ0n) is 8.83. The number of carbonyl (C=O) groups is 1. The molecule has 2 aliphatic rings. The zero-order valence-corrected chi connectivity index (χ0v) is 8.83. The Morgan fingerprint density at radius 2 is 1.93 bits per heavy atom. The van der Waals surface area contributed by atoms with E-state index in [0.717, 1.165) is 25.7 Å². The van der Waals surface area contributed by atoms with Crippen molar-refractivity contribution in [3.8, 4) is 0 Å². The van der Waals surface area contributed by atoms with E-state index in [-0.39, 0.29) is 18.2 Å². The van der Waals surface area contributed by atoms with Gasteiger partial charge in [-0.1, -0.05) is 0 Å². The van der Waals surface area contributed by atoms with E-state index in [0.29, 0.717) is 19.3 Å². The smallest absolute Gasteiger partial charge is 0.231 e. The van der Waals surface area contributed by atoms with E-state index in [4.69, 9.17) is 15.2 Å². The van der Waals surface area contributed by atoms with Crippen molar-refractivity contribution in [1.82, 2.24) is 5.32 Å². The molecule has 0 radical (unpaired) electrons. The molecule has 1 saturated carbocycles. The van der Waals surface area contributed by atoms with Gasteiger partial charge in [-0.2, -0.15) is 0 Å². The van der Waals surface area contributed by atoms with Gasteiger partial charge in [-0.05, 0) is 12.8 Å². The lowest BCUT2D eigenvalue weighted by Crippen LogP contribution is -2.44. The highest BCUT2D eigenvalue weighted by atomic mass is 16.7. The molecule has 0 aromatic heterocycles. The quantitative estimate of drug-likeness (QED) is 0.679. The third-order valence-corrected chi connectivity index (χ3v) is 3.13. The van der Waals surface area contributed by atoms with Crippen LogP contribution in [0.2, 0.25) is 0 Å². The van der Waals surface area contributed by atoms with Crippen LogP contribution < -0.4 is 11.1 Å². The van der Waals surface area contributed by atoms with E-state index in [1.807, 2.05) is 0 Å². The number of nitrogens with two attached hydrogens (primary N) is 1. The van der Waals surface area contributed by atoms with E-state index >= 15 is 0 Å². The highest BCUT2D eigenvalue weighted by Gasteiger charge is 2.40. The Kier molecular flexibility index (Phi) is 3.23. The van der Waals surface area contributed by atoms with Crippen LogP contribution in [0.1, 0.15) is 25.7 Å². The second kappa shape index (κ2) is 4.47. The molecular weight excluding hydrogens is 196 g/mol. The van der Waals surface area contributed by atoms with Crippen molar-refractivity contribution in [3.63, 3.8) is 0 Å². The number of hydrogen-bond acceptors (Lipinski definition) is 4. The Labute approximate surface area is 89.3 Å². The van der Waals surface area contributed by atoms with Crippen LogP contribution in [0.5, 0.6) is 0 Å². The van der Waals surface area contributed by atoms with E-state index < -0.39 is 0 Å². The third kappa shape index (κ3) is 2.68. The first-order chi connectivity index (χ1) is 7.20. The van der Waals surface area contributed by atoms with Gasteiger partial charge in [-0.15, -0.1) is 0 Å². The summed E-state index contributed by atoms with van der Waals surface area (Å²) in [6, 6.07) is 0.371. The first-order valence-electron chi connectivity index (χ1n) is 5.50. The molecule has 1 saturated heterocycles. The van der Waals surface area contributed by atoms with Crippen LogP contribution >= 0.6 is 0 Å².